The van der Waals surface area contributed by atoms with Crippen LogP contribution < -0.4 is 4.57 Å². The van der Waals surface area contributed by atoms with Crippen molar-refractivity contribution in [2.75, 3.05) is 0 Å². The first-order chi connectivity index (χ1) is 11.8. The number of thiophene rings is 1. The van der Waals surface area contributed by atoms with Crippen LogP contribution in [0.25, 0.3) is 21.2 Å². The van der Waals surface area contributed by atoms with E-state index in [9.17, 15) is 13.0 Å². The van der Waals surface area contributed by atoms with Crippen molar-refractivity contribution < 1.29 is 22.0 Å². The fourth-order valence-electron chi connectivity index (χ4n) is 3.69. The number of nitrogens with zero attached hydrogens (tertiary/aromatic N) is 1. The number of hydrogen-bond acceptors (Lipinski definition) is 5. The summed E-state index contributed by atoms with van der Waals surface area (Å²) in [6.45, 7) is 3.80. The lowest BCUT2D eigenvalue weighted by Gasteiger charge is -2.13. The summed E-state index contributed by atoms with van der Waals surface area (Å²) in [5, 5.41) is 0.397. The maximum Gasteiger partial charge on any atom is 0.344 e. The molecule has 0 saturated heterocycles. The zero-order valence-corrected chi connectivity index (χ0v) is 16.0. The molecule has 1 aliphatic carbocycles. The minimum Gasteiger partial charge on any atom is -0.748 e. The van der Waals surface area contributed by atoms with Crippen LogP contribution in [0.5, 0.6) is 0 Å². The highest BCUT2D eigenvalue weighted by Gasteiger charge is 2.24. The first-order valence-electron chi connectivity index (χ1n) is 8.66. The number of fused-ring (bicyclic) bond motifs is 4. The van der Waals surface area contributed by atoms with Crippen LogP contribution >= 0.6 is 11.3 Å². The summed E-state index contributed by atoms with van der Waals surface area (Å²) < 4.78 is 42.6. The average molecular weight is 380 g/mol. The minimum atomic E-state index is -4.25. The molecule has 1 atom stereocenters. The predicted octanol–water partition coefficient (Wildman–Crippen LogP) is 3.45. The number of rotatable bonds is 4. The smallest absolute Gasteiger partial charge is 0.344 e. The second-order valence-electron chi connectivity index (χ2n) is 6.89. The topological polar surface area (TPSA) is 74.2 Å². The Hall–Kier alpha value is -1.44. The van der Waals surface area contributed by atoms with Crippen LogP contribution in [0.1, 0.15) is 42.5 Å². The third kappa shape index (κ3) is 2.98. The van der Waals surface area contributed by atoms with Crippen LogP contribution in [0.2, 0.25) is 0 Å². The van der Waals surface area contributed by atoms with E-state index >= 15 is 0 Å². The van der Waals surface area contributed by atoms with Gasteiger partial charge < -0.3 is 8.97 Å². The van der Waals surface area contributed by atoms with Crippen molar-refractivity contribution in [2.45, 2.75) is 57.7 Å². The molecular weight excluding hydrogens is 358 g/mol. The summed E-state index contributed by atoms with van der Waals surface area (Å²) >= 11 is 1.86. The maximum absolute atomic E-state index is 11.2. The van der Waals surface area contributed by atoms with Gasteiger partial charge in [-0.2, -0.15) is 4.57 Å². The molecule has 0 fully saturated rings. The van der Waals surface area contributed by atoms with Crippen molar-refractivity contribution in [1.29, 1.82) is 0 Å². The van der Waals surface area contributed by atoms with E-state index in [-0.39, 0.29) is 6.42 Å². The van der Waals surface area contributed by atoms with E-state index in [2.05, 4.69) is 12.1 Å². The second kappa shape index (κ2) is 6.07. The average Bonchev–Trinajstić information content (AvgIpc) is 3.05. The van der Waals surface area contributed by atoms with Crippen LogP contribution in [0, 0.1) is 6.92 Å². The molecule has 3 aromatic rings. The van der Waals surface area contributed by atoms with Crippen molar-refractivity contribution in [3.8, 4) is 0 Å². The molecule has 0 bridgehead atoms. The summed E-state index contributed by atoms with van der Waals surface area (Å²) in [6.07, 6.45) is 5.07. The third-order valence-corrected chi connectivity index (χ3v) is 7.69. The first kappa shape index (κ1) is 17.0. The summed E-state index contributed by atoms with van der Waals surface area (Å²) in [5.41, 5.74) is 3.27. The zero-order valence-electron chi connectivity index (χ0n) is 14.4. The van der Waals surface area contributed by atoms with Crippen LogP contribution in [0.15, 0.2) is 16.5 Å². The SMILES string of the molecule is Cc1oc2cc3sc4c(c3cc2[n+]1CCC(C)S(=O)(=O)[O-])CCCC4. The molecule has 2 aromatic heterocycles. The number of benzene rings is 1. The Kier molecular flexibility index (Phi) is 4.13. The minimum absolute atomic E-state index is 0.283. The first-order valence-corrected chi connectivity index (χ1v) is 11.0. The van der Waals surface area contributed by atoms with Gasteiger partial charge in [-0.05, 0) is 38.2 Å². The van der Waals surface area contributed by atoms with Gasteiger partial charge in [0.05, 0.1) is 22.3 Å². The normalized spacial score (nSPS) is 16.4. The molecule has 5 nitrogen and oxygen atoms in total. The molecule has 1 aliphatic rings. The standard InChI is InChI=1S/C18H21NO4S2/c1-11(25(20,21)22)7-8-19-12(2)23-16-10-18-14(9-15(16)19)13-5-3-4-6-17(13)24-18/h9-11H,3-8H2,1-2H3. The highest BCUT2D eigenvalue weighted by Crippen LogP contribution is 2.38. The molecule has 1 unspecified atom stereocenters. The van der Waals surface area contributed by atoms with Crippen LogP contribution in [0.3, 0.4) is 0 Å². The monoisotopic (exact) mass is 379 g/mol. The van der Waals surface area contributed by atoms with E-state index in [1.165, 1.54) is 40.3 Å². The number of hydrogen-bond donors (Lipinski definition) is 0. The second-order valence-corrected chi connectivity index (χ2v) is 9.82. The zero-order chi connectivity index (χ0) is 17.8. The molecule has 25 heavy (non-hydrogen) atoms. The van der Waals surface area contributed by atoms with Crippen molar-refractivity contribution in [3.63, 3.8) is 0 Å². The van der Waals surface area contributed by atoms with E-state index in [4.69, 9.17) is 4.42 Å². The Morgan fingerprint density at radius 3 is 2.84 bits per heavy atom. The highest BCUT2D eigenvalue weighted by atomic mass is 32.2. The van der Waals surface area contributed by atoms with Gasteiger partial charge in [0.25, 0.3) is 5.52 Å². The molecule has 2 heterocycles. The summed E-state index contributed by atoms with van der Waals surface area (Å²) in [6, 6.07) is 4.28. The van der Waals surface area contributed by atoms with Gasteiger partial charge in [0.1, 0.15) is 0 Å². The molecule has 134 valence electrons. The Bertz CT molecular complexity index is 1060. The van der Waals surface area contributed by atoms with Gasteiger partial charge in [-0.3, -0.25) is 0 Å². The lowest BCUT2D eigenvalue weighted by molar-refractivity contribution is -0.682. The molecule has 1 aromatic carbocycles. The summed E-state index contributed by atoms with van der Waals surface area (Å²) in [5.74, 6) is 0.733. The fourth-order valence-corrected chi connectivity index (χ4v) is 5.39. The fraction of sp³-hybridized carbons (Fsp3) is 0.500. The van der Waals surface area contributed by atoms with Gasteiger partial charge in [-0.15, -0.1) is 11.3 Å². The van der Waals surface area contributed by atoms with Gasteiger partial charge in [0.2, 0.25) is 5.58 Å². The van der Waals surface area contributed by atoms with Crippen molar-refractivity contribution in [2.24, 2.45) is 0 Å². The number of oxazole rings is 1. The maximum atomic E-state index is 11.2. The quantitative estimate of drug-likeness (QED) is 0.514. The largest absolute Gasteiger partial charge is 0.748 e. The number of aromatic nitrogens is 1. The van der Waals surface area contributed by atoms with Crippen molar-refractivity contribution in [1.82, 2.24) is 0 Å². The lowest BCUT2D eigenvalue weighted by Crippen LogP contribution is -2.37. The van der Waals surface area contributed by atoms with E-state index in [1.54, 1.807) is 0 Å². The van der Waals surface area contributed by atoms with Crippen molar-refractivity contribution >= 4 is 42.6 Å². The summed E-state index contributed by atoms with van der Waals surface area (Å²) in [7, 11) is -4.25. The molecule has 0 radical (unpaired) electrons. The Labute approximate surface area is 151 Å². The van der Waals surface area contributed by atoms with Crippen LogP contribution in [0.4, 0.5) is 0 Å². The molecule has 0 amide bonds. The number of aryl methyl sites for hydroxylation is 4. The van der Waals surface area contributed by atoms with Gasteiger partial charge in [0, 0.05) is 33.5 Å². The molecule has 0 saturated carbocycles. The predicted molar refractivity (Wildman–Crippen MR) is 96.9 cm³/mol. The molecule has 0 aliphatic heterocycles. The molecule has 7 heteroatoms. The van der Waals surface area contributed by atoms with E-state index in [0.717, 1.165) is 29.8 Å². The highest BCUT2D eigenvalue weighted by molar-refractivity contribution is 7.86. The Morgan fingerprint density at radius 1 is 1.32 bits per heavy atom. The van der Waals surface area contributed by atoms with Gasteiger partial charge in [0.15, 0.2) is 6.54 Å². The van der Waals surface area contributed by atoms with Gasteiger partial charge in [-0.1, -0.05) is 0 Å². The molecule has 4 rings (SSSR count). The van der Waals surface area contributed by atoms with Crippen LogP contribution in [-0.2, 0) is 29.5 Å². The molecular formula is C18H21NO4S2. The molecule has 0 spiro atoms. The third-order valence-electron chi connectivity index (χ3n) is 5.22. The Morgan fingerprint density at radius 2 is 2.08 bits per heavy atom. The van der Waals surface area contributed by atoms with Crippen LogP contribution in [-0.4, -0.2) is 18.2 Å². The van der Waals surface area contributed by atoms with E-state index in [1.807, 2.05) is 22.8 Å². The Balaban J connectivity index is 1.77. The van der Waals surface area contributed by atoms with Gasteiger partial charge >= 0.3 is 5.89 Å². The van der Waals surface area contributed by atoms with E-state index in [0.29, 0.717) is 6.54 Å². The lowest BCUT2D eigenvalue weighted by atomic mass is 9.96. The summed E-state index contributed by atoms with van der Waals surface area (Å²) in [4.78, 5) is 1.49. The van der Waals surface area contributed by atoms with E-state index < -0.39 is 15.4 Å². The van der Waals surface area contributed by atoms with Crippen molar-refractivity contribution in [3.05, 3.63) is 28.5 Å². The molecule has 0 N–H and O–H groups in total. The van der Waals surface area contributed by atoms with Gasteiger partial charge in [-0.25, -0.2) is 8.42 Å².